The topological polar surface area (TPSA) is 36.0 Å². The molecule has 0 aromatic carbocycles. The first-order valence-corrected chi connectivity index (χ1v) is 11.9. The van der Waals surface area contributed by atoms with Crippen LogP contribution in [0.2, 0.25) is 0 Å². The average Bonchev–Trinajstić information content (AvgIpc) is 3.46. The van der Waals surface area contributed by atoms with E-state index in [4.69, 9.17) is 4.74 Å². The number of thiophene rings is 2. The van der Waals surface area contributed by atoms with Crippen molar-refractivity contribution in [2.24, 2.45) is 0 Å². The van der Waals surface area contributed by atoms with Crippen LogP contribution in [0.1, 0.15) is 22.6 Å². The Labute approximate surface area is 175 Å². The molecule has 28 heavy (non-hydrogen) atoms. The van der Waals surface area contributed by atoms with Crippen molar-refractivity contribution in [2.45, 2.75) is 32.0 Å². The van der Waals surface area contributed by atoms with Crippen molar-refractivity contribution in [3.8, 4) is 0 Å². The second-order valence-corrected chi connectivity index (χ2v) is 9.68. The molecular formula is C21H29N3O2S2. The summed E-state index contributed by atoms with van der Waals surface area (Å²) in [6.45, 7) is 7.61. The molecule has 1 amide bonds. The molecule has 0 aliphatic carbocycles. The molecule has 2 fully saturated rings. The summed E-state index contributed by atoms with van der Waals surface area (Å²) in [6, 6.07) is 8.53. The van der Waals surface area contributed by atoms with Crippen molar-refractivity contribution in [2.75, 3.05) is 45.9 Å². The number of piperazine rings is 1. The van der Waals surface area contributed by atoms with Crippen LogP contribution in [-0.4, -0.2) is 72.6 Å². The first-order valence-electron chi connectivity index (χ1n) is 10.1. The van der Waals surface area contributed by atoms with Crippen LogP contribution in [-0.2, 0) is 22.6 Å². The van der Waals surface area contributed by atoms with Gasteiger partial charge in [-0.2, -0.15) is 0 Å². The van der Waals surface area contributed by atoms with Crippen LogP contribution in [0, 0.1) is 0 Å². The molecule has 5 nitrogen and oxygen atoms in total. The van der Waals surface area contributed by atoms with Gasteiger partial charge in [-0.1, -0.05) is 12.1 Å². The van der Waals surface area contributed by atoms with Crippen LogP contribution >= 0.6 is 22.7 Å². The van der Waals surface area contributed by atoms with Gasteiger partial charge in [-0.25, -0.2) is 0 Å². The van der Waals surface area contributed by atoms with Crippen molar-refractivity contribution in [1.82, 2.24) is 14.7 Å². The summed E-state index contributed by atoms with van der Waals surface area (Å²) < 4.78 is 5.82. The van der Waals surface area contributed by atoms with Gasteiger partial charge in [0.1, 0.15) is 0 Å². The molecule has 4 rings (SSSR count). The highest BCUT2D eigenvalue weighted by Crippen LogP contribution is 2.18. The van der Waals surface area contributed by atoms with Gasteiger partial charge in [0.15, 0.2) is 0 Å². The van der Waals surface area contributed by atoms with E-state index in [9.17, 15) is 4.79 Å². The largest absolute Gasteiger partial charge is 0.377 e. The molecule has 2 saturated heterocycles. The van der Waals surface area contributed by atoms with E-state index in [-0.39, 0.29) is 12.0 Å². The summed E-state index contributed by atoms with van der Waals surface area (Å²) in [7, 11) is 0. The van der Waals surface area contributed by atoms with Crippen molar-refractivity contribution in [1.29, 1.82) is 0 Å². The van der Waals surface area contributed by atoms with Crippen LogP contribution in [0.15, 0.2) is 35.0 Å². The summed E-state index contributed by atoms with van der Waals surface area (Å²) in [5.41, 5.74) is 0. The molecule has 2 aromatic heterocycles. The zero-order chi connectivity index (χ0) is 19.2. The predicted octanol–water partition coefficient (Wildman–Crippen LogP) is 3.14. The maximum atomic E-state index is 13.0. The Morgan fingerprint density at radius 3 is 2.50 bits per heavy atom. The third kappa shape index (κ3) is 5.64. The van der Waals surface area contributed by atoms with Gasteiger partial charge >= 0.3 is 0 Å². The molecule has 0 bridgehead atoms. The van der Waals surface area contributed by atoms with Gasteiger partial charge in [-0.3, -0.25) is 14.6 Å². The van der Waals surface area contributed by atoms with E-state index in [1.165, 1.54) is 9.75 Å². The Morgan fingerprint density at radius 2 is 1.86 bits per heavy atom. The average molecular weight is 420 g/mol. The van der Waals surface area contributed by atoms with E-state index in [1.54, 1.807) is 11.3 Å². The molecular weight excluding hydrogens is 390 g/mol. The maximum Gasteiger partial charge on any atom is 0.236 e. The Morgan fingerprint density at radius 1 is 1.11 bits per heavy atom. The van der Waals surface area contributed by atoms with Gasteiger partial charge in [0.2, 0.25) is 5.91 Å². The van der Waals surface area contributed by atoms with Crippen LogP contribution in [0.4, 0.5) is 0 Å². The van der Waals surface area contributed by atoms with E-state index in [2.05, 4.69) is 44.8 Å². The summed E-state index contributed by atoms with van der Waals surface area (Å²) in [5.74, 6) is 0.255. The molecule has 0 spiro atoms. The monoisotopic (exact) mass is 419 g/mol. The predicted molar refractivity (Wildman–Crippen MR) is 115 cm³/mol. The van der Waals surface area contributed by atoms with Gasteiger partial charge < -0.3 is 9.64 Å². The highest BCUT2D eigenvalue weighted by Gasteiger charge is 2.25. The van der Waals surface area contributed by atoms with Gasteiger partial charge in [-0.15, -0.1) is 22.7 Å². The second kappa shape index (κ2) is 9.98. The van der Waals surface area contributed by atoms with Crippen molar-refractivity contribution < 1.29 is 9.53 Å². The molecule has 0 saturated carbocycles. The van der Waals surface area contributed by atoms with Crippen LogP contribution in [0.3, 0.4) is 0 Å². The maximum absolute atomic E-state index is 13.0. The van der Waals surface area contributed by atoms with Crippen LogP contribution in [0.5, 0.6) is 0 Å². The smallest absolute Gasteiger partial charge is 0.236 e. The highest BCUT2D eigenvalue weighted by molar-refractivity contribution is 7.10. The molecule has 152 valence electrons. The zero-order valence-corrected chi connectivity index (χ0v) is 17.9. The fourth-order valence-electron chi connectivity index (χ4n) is 3.95. The van der Waals surface area contributed by atoms with Gasteiger partial charge in [0.05, 0.1) is 12.6 Å². The normalized spacial score (nSPS) is 20.9. The minimum atomic E-state index is 0.255. The standard InChI is InChI=1S/C21H29N3O2S2/c25-21(24-9-7-22(8-10-24)15-19-5-2-12-27-19)17-23(14-18-4-1-11-26-18)16-20-6-3-13-28-20/h2-3,5-6,12-13,18H,1,4,7-11,14-17H2. The van der Waals surface area contributed by atoms with Crippen molar-refractivity contribution >= 4 is 28.6 Å². The molecule has 1 atom stereocenters. The Bertz CT molecular complexity index is 706. The van der Waals surface area contributed by atoms with E-state index < -0.39 is 0 Å². The lowest BCUT2D eigenvalue weighted by Crippen LogP contribution is -2.51. The molecule has 2 aliphatic heterocycles. The number of amides is 1. The zero-order valence-electron chi connectivity index (χ0n) is 16.3. The molecule has 2 aliphatic rings. The van der Waals surface area contributed by atoms with E-state index in [1.807, 2.05) is 16.2 Å². The SMILES string of the molecule is O=C(CN(Cc1cccs1)CC1CCCO1)N1CCN(Cc2cccs2)CC1. The van der Waals surface area contributed by atoms with Crippen LogP contribution in [0.25, 0.3) is 0 Å². The van der Waals surface area contributed by atoms with Crippen molar-refractivity contribution in [3.05, 3.63) is 44.8 Å². The molecule has 0 radical (unpaired) electrons. The lowest BCUT2D eigenvalue weighted by Gasteiger charge is -2.36. The summed E-state index contributed by atoms with van der Waals surface area (Å²) in [5, 5.41) is 4.24. The molecule has 0 N–H and O–H groups in total. The van der Waals surface area contributed by atoms with E-state index in [0.29, 0.717) is 6.54 Å². The molecule has 7 heteroatoms. The third-order valence-corrected chi connectivity index (χ3v) is 7.21. The number of carbonyl (C=O) groups excluding carboxylic acids is 1. The fraction of sp³-hybridized carbons (Fsp3) is 0.571. The lowest BCUT2D eigenvalue weighted by molar-refractivity contribution is -0.134. The molecule has 1 unspecified atom stereocenters. The first kappa shape index (κ1) is 20.0. The molecule has 2 aromatic rings. The quantitative estimate of drug-likeness (QED) is 0.659. The Kier molecular flexibility index (Phi) is 7.14. The number of carbonyl (C=O) groups is 1. The fourth-order valence-corrected chi connectivity index (χ4v) is 5.45. The summed E-state index contributed by atoms with van der Waals surface area (Å²) in [6.07, 6.45) is 2.52. The number of rotatable bonds is 8. The van der Waals surface area contributed by atoms with Crippen molar-refractivity contribution in [3.63, 3.8) is 0 Å². The highest BCUT2D eigenvalue weighted by atomic mass is 32.1. The lowest BCUT2D eigenvalue weighted by atomic mass is 10.2. The summed E-state index contributed by atoms with van der Waals surface area (Å²) in [4.78, 5) is 22.5. The first-order chi connectivity index (χ1) is 13.8. The summed E-state index contributed by atoms with van der Waals surface area (Å²) >= 11 is 3.57. The Balaban J connectivity index is 1.28. The van der Waals surface area contributed by atoms with Gasteiger partial charge in [0, 0.05) is 62.2 Å². The second-order valence-electron chi connectivity index (χ2n) is 7.62. The number of nitrogens with zero attached hydrogens (tertiary/aromatic N) is 3. The van der Waals surface area contributed by atoms with E-state index in [0.717, 1.165) is 65.3 Å². The van der Waals surface area contributed by atoms with Gasteiger partial charge in [0.25, 0.3) is 0 Å². The Hall–Kier alpha value is -1.25. The number of hydrogen-bond donors (Lipinski definition) is 0. The van der Waals surface area contributed by atoms with E-state index >= 15 is 0 Å². The van der Waals surface area contributed by atoms with Gasteiger partial charge in [-0.05, 0) is 35.7 Å². The third-order valence-electron chi connectivity index (χ3n) is 5.49. The minimum Gasteiger partial charge on any atom is -0.377 e. The molecule has 4 heterocycles. The number of ether oxygens (including phenoxy) is 1. The number of hydrogen-bond acceptors (Lipinski definition) is 6. The minimum absolute atomic E-state index is 0.255. The van der Waals surface area contributed by atoms with Crippen LogP contribution < -0.4 is 0 Å².